The van der Waals surface area contributed by atoms with Crippen LogP contribution in [0.4, 0.5) is 5.69 Å². The Balaban J connectivity index is 1.93. The molecule has 0 unspecified atom stereocenters. The molecule has 140 valence electrons. The van der Waals surface area contributed by atoms with Crippen molar-refractivity contribution in [2.24, 2.45) is 4.99 Å². The van der Waals surface area contributed by atoms with E-state index in [0.717, 1.165) is 55.7 Å². The third-order valence-corrected chi connectivity index (χ3v) is 4.00. The zero-order chi connectivity index (χ0) is 17.9. The molecule has 0 saturated carbocycles. The first-order chi connectivity index (χ1) is 12.2. The highest BCUT2D eigenvalue weighted by Gasteiger charge is 2.11. The number of rotatable bonds is 8. The van der Waals surface area contributed by atoms with E-state index in [1.807, 2.05) is 18.2 Å². The number of ether oxygens (including phenoxy) is 2. The number of fused-ring (bicyclic) bond motifs is 1. The van der Waals surface area contributed by atoms with Gasteiger partial charge in [-0.3, -0.25) is 4.99 Å². The van der Waals surface area contributed by atoms with Gasteiger partial charge in [0.05, 0.1) is 19.8 Å². The molecule has 0 aliphatic carbocycles. The lowest BCUT2D eigenvalue weighted by Crippen LogP contribution is -2.32. The number of unbranched alkanes of at least 4 members (excludes halogenated alkanes) is 1. The van der Waals surface area contributed by atoms with Crippen LogP contribution in [0.1, 0.15) is 33.1 Å². The van der Waals surface area contributed by atoms with Gasteiger partial charge in [0.2, 0.25) is 0 Å². The molecule has 6 nitrogen and oxygen atoms in total. The Hall–Kier alpha value is -1.95. The van der Waals surface area contributed by atoms with E-state index in [2.05, 4.69) is 41.4 Å². The maximum Gasteiger partial charge on any atom is 0.195 e. The van der Waals surface area contributed by atoms with Gasteiger partial charge in [0.15, 0.2) is 17.5 Å². The Morgan fingerprint density at radius 2 is 1.96 bits per heavy atom. The highest BCUT2D eigenvalue weighted by Crippen LogP contribution is 2.32. The summed E-state index contributed by atoms with van der Waals surface area (Å²) in [6, 6.07) is 5.92. The summed E-state index contributed by atoms with van der Waals surface area (Å²) in [6.45, 7) is 9.34. The Labute approximate surface area is 151 Å². The van der Waals surface area contributed by atoms with Crippen molar-refractivity contribution < 1.29 is 9.47 Å². The Morgan fingerprint density at radius 3 is 2.72 bits per heavy atom. The van der Waals surface area contributed by atoms with Gasteiger partial charge in [-0.15, -0.1) is 0 Å². The predicted molar refractivity (Wildman–Crippen MR) is 104 cm³/mol. The molecule has 0 amide bonds. The van der Waals surface area contributed by atoms with E-state index in [-0.39, 0.29) is 0 Å². The zero-order valence-electron chi connectivity index (χ0n) is 15.8. The molecule has 0 spiro atoms. The maximum absolute atomic E-state index is 5.75. The molecule has 0 fully saturated rings. The van der Waals surface area contributed by atoms with Crippen molar-refractivity contribution in [3.8, 4) is 11.5 Å². The topological polar surface area (TPSA) is 58.1 Å². The lowest BCUT2D eigenvalue weighted by molar-refractivity contribution is 0.297. The second-order valence-corrected chi connectivity index (χ2v) is 6.25. The third-order valence-electron chi connectivity index (χ3n) is 4.00. The van der Waals surface area contributed by atoms with Gasteiger partial charge in [-0.1, -0.05) is 13.3 Å². The summed E-state index contributed by atoms with van der Waals surface area (Å²) < 4.78 is 11.4. The molecule has 0 atom stereocenters. The van der Waals surface area contributed by atoms with Gasteiger partial charge >= 0.3 is 0 Å². The van der Waals surface area contributed by atoms with Crippen molar-refractivity contribution in [2.45, 2.75) is 33.1 Å². The summed E-state index contributed by atoms with van der Waals surface area (Å²) >= 11 is 0. The fraction of sp³-hybridized carbons (Fsp3) is 0.632. The molecular weight excluding hydrogens is 316 g/mol. The first-order valence-electron chi connectivity index (χ1n) is 9.36. The van der Waals surface area contributed by atoms with Crippen LogP contribution in [0.25, 0.3) is 0 Å². The summed E-state index contributed by atoms with van der Waals surface area (Å²) in [4.78, 5) is 6.99. The molecule has 1 heterocycles. The minimum atomic E-state index is 0.689. The van der Waals surface area contributed by atoms with Crippen molar-refractivity contribution in [1.82, 2.24) is 10.2 Å². The van der Waals surface area contributed by atoms with Crippen molar-refractivity contribution in [3.63, 3.8) is 0 Å². The Morgan fingerprint density at radius 1 is 1.16 bits per heavy atom. The van der Waals surface area contributed by atoms with E-state index >= 15 is 0 Å². The van der Waals surface area contributed by atoms with Crippen molar-refractivity contribution in [2.75, 3.05) is 51.8 Å². The molecular formula is C19H32N4O2. The second kappa shape index (κ2) is 10.8. The van der Waals surface area contributed by atoms with Crippen LogP contribution in [-0.2, 0) is 0 Å². The summed E-state index contributed by atoms with van der Waals surface area (Å²) in [7, 11) is 2.15. The Bertz CT molecular complexity index is 548. The number of hydrogen-bond donors (Lipinski definition) is 2. The lowest BCUT2D eigenvalue weighted by Gasteiger charge is -2.16. The lowest BCUT2D eigenvalue weighted by atomic mass is 10.3. The van der Waals surface area contributed by atoms with E-state index in [9.17, 15) is 0 Å². The van der Waals surface area contributed by atoms with Crippen molar-refractivity contribution in [3.05, 3.63) is 18.2 Å². The molecule has 2 N–H and O–H groups in total. The number of hydrogen-bond acceptors (Lipinski definition) is 4. The predicted octanol–water partition coefficient (Wildman–Crippen LogP) is 2.96. The van der Waals surface area contributed by atoms with Crippen LogP contribution in [-0.4, -0.2) is 57.3 Å². The molecule has 0 aromatic heterocycles. The summed E-state index contributed by atoms with van der Waals surface area (Å²) in [5.74, 6) is 2.39. The minimum absolute atomic E-state index is 0.689. The second-order valence-electron chi connectivity index (χ2n) is 6.25. The van der Waals surface area contributed by atoms with Crippen LogP contribution in [0, 0.1) is 0 Å². The van der Waals surface area contributed by atoms with E-state index in [4.69, 9.17) is 9.47 Å². The standard InChI is InChI=1S/C19H32N4O2/c1-4-6-11-23(3)12-10-21-19(20-5-2)22-16-8-9-17-18(15-16)25-14-7-13-24-17/h8-9,15H,4-7,10-14H2,1-3H3,(H2,20,21,22). The van der Waals surface area contributed by atoms with Gasteiger partial charge < -0.3 is 25.0 Å². The minimum Gasteiger partial charge on any atom is -0.490 e. The molecule has 1 aromatic rings. The number of guanidine groups is 1. The molecule has 2 rings (SSSR count). The van der Waals surface area contributed by atoms with Gasteiger partial charge in [-0.2, -0.15) is 0 Å². The molecule has 0 bridgehead atoms. The van der Waals surface area contributed by atoms with E-state index in [1.165, 1.54) is 12.8 Å². The van der Waals surface area contributed by atoms with Crippen LogP contribution >= 0.6 is 0 Å². The number of likely N-dealkylation sites (N-methyl/N-ethyl adjacent to an activating group) is 1. The van der Waals surface area contributed by atoms with Crippen molar-refractivity contribution >= 4 is 11.6 Å². The molecule has 1 aliphatic rings. The summed E-state index contributed by atoms with van der Waals surface area (Å²) in [5, 5.41) is 6.64. The normalized spacial score (nSPS) is 14.3. The van der Waals surface area contributed by atoms with Gasteiger partial charge in [-0.05, 0) is 39.1 Å². The van der Waals surface area contributed by atoms with Crippen LogP contribution in [0.5, 0.6) is 11.5 Å². The number of nitrogens with zero attached hydrogens (tertiary/aromatic N) is 2. The largest absolute Gasteiger partial charge is 0.490 e. The van der Waals surface area contributed by atoms with Gasteiger partial charge in [-0.25, -0.2) is 0 Å². The van der Waals surface area contributed by atoms with Gasteiger partial charge in [0.1, 0.15) is 0 Å². The van der Waals surface area contributed by atoms with Crippen molar-refractivity contribution in [1.29, 1.82) is 0 Å². The zero-order valence-corrected chi connectivity index (χ0v) is 15.8. The van der Waals surface area contributed by atoms with E-state index in [0.29, 0.717) is 13.2 Å². The summed E-state index contributed by atoms with van der Waals surface area (Å²) in [6.07, 6.45) is 3.37. The average molecular weight is 348 g/mol. The first-order valence-corrected chi connectivity index (χ1v) is 9.36. The fourth-order valence-corrected chi connectivity index (χ4v) is 2.56. The SMILES string of the molecule is CCCCN(C)CCN=C(NCC)Nc1ccc2c(c1)OCCCO2. The summed E-state index contributed by atoms with van der Waals surface area (Å²) in [5.41, 5.74) is 0.947. The molecule has 0 saturated heterocycles. The first kappa shape index (κ1) is 19.4. The number of benzene rings is 1. The number of aliphatic imine (C=N–C) groups is 1. The number of nitrogens with one attached hydrogen (secondary N) is 2. The quantitative estimate of drug-likeness (QED) is 0.559. The monoisotopic (exact) mass is 348 g/mol. The molecule has 0 radical (unpaired) electrons. The number of anilines is 1. The van der Waals surface area contributed by atoms with Gasteiger partial charge in [0, 0.05) is 31.3 Å². The molecule has 6 heteroatoms. The maximum atomic E-state index is 5.75. The van der Waals surface area contributed by atoms with Crippen LogP contribution < -0.4 is 20.1 Å². The Kier molecular flexibility index (Phi) is 8.39. The molecule has 1 aromatic carbocycles. The van der Waals surface area contributed by atoms with Crippen LogP contribution in [0.2, 0.25) is 0 Å². The fourth-order valence-electron chi connectivity index (χ4n) is 2.56. The van der Waals surface area contributed by atoms with E-state index < -0.39 is 0 Å². The van der Waals surface area contributed by atoms with E-state index in [1.54, 1.807) is 0 Å². The molecule has 25 heavy (non-hydrogen) atoms. The molecule has 1 aliphatic heterocycles. The van der Waals surface area contributed by atoms with Gasteiger partial charge in [0.25, 0.3) is 0 Å². The smallest absolute Gasteiger partial charge is 0.195 e. The van der Waals surface area contributed by atoms with Crippen LogP contribution in [0.3, 0.4) is 0 Å². The average Bonchev–Trinajstić information content (AvgIpc) is 2.85. The third kappa shape index (κ3) is 6.82. The highest BCUT2D eigenvalue weighted by atomic mass is 16.5. The van der Waals surface area contributed by atoms with Crippen LogP contribution in [0.15, 0.2) is 23.2 Å². The highest BCUT2D eigenvalue weighted by molar-refractivity contribution is 5.93.